The number of nitrogens with zero attached hydrogens (tertiary/aromatic N) is 3. The molecule has 1 aromatic rings. The van der Waals surface area contributed by atoms with Crippen LogP contribution in [0.1, 0.15) is 50.4 Å². The second-order valence-corrected chi connectivity index (χ2v) is 7.12. The van der Waals surface area contributed by atoms with E-state index < -0.39 is 5.54 Å². The molecule has 0 aromatic carbocycles. The number of aryl methyl sites for hydroxylation is 1. The number of amides is 1. The van der Waals surface area contributed by atoms with Crippen LogP contribution in [0.25, 0.3) is 0 Å². The highest BCUT2D eigenvalue weighted by atomic mass is 16.3. The van der Waals surface area contributed by atoms with Crippen molar-refractivity contribution in [1.82, 2.24) is 20.2 Å². The molecule has 1 aromatic heterocycles. The normalized spacial score (nSPS) is 19.6. The number of hydrogen-bond acceptors (Lipinski definition) is 5. The van der Waals surface area contributed by atoms with Crippen molar-refractivity contribution in [3.63, 3.8) is 0 Å². The first-order chi connectivity index (χ1) is 10.9. The van der Waals surface area contributed by atoms with Gasteiger partial charge in [0, 0.05) is 31.3 Å². The fourth-order valence-electron chi connectivity index (χ4n) is 2.83. The third kappa shape index (κ3) is 5.55. The smallest absolute Gasteiger partial charge is 0.220 e. The molecule has 1 fully saturated rings. The first-order valence-corrected chi connectivity index (χ1v) is 8.31. The predicted molar refractivity (Wildman–Crippen MR) is 89.1 cm³/mol. The Bertz CT molecular complexity index is 516. The van der Waals surface area contributed by atoms with Gasteiger partial charge < -0.3 is 15.3 Å². The van der Waals surface area contributed by atoms with Crippen molar-refractivity contribution in [3.05, 3.63) is 23.8 Å². The number of carbonyl (C=O) groups excluding carboxylic acids is 1. The van der Waals surface area contributed by atoms with Crippen molar-refractivity contribution in [2.75, 3.05) is 26.7 Å². The predicted octanol–water partition coefficient (Wildman–Crippen LogP) is 1.11. The van der Waals surface area contributed by atoms with Crippen molar-refractivity contribution in [1.29, 1.82) is 0 Å². The summed E-state index contributed by atoms with van der Waals surface area (Å²) in [7, 11) is 2.14. The Morgan fingerprint density at radius 3 is 2.83 bits per heavy atom. The minimum atomic E-state index is -0.584. The van der Waals surface area contributed by atoms with Crippen LogP contribution in [-0.2, 0) is 11.2 Å². The van der Waals surface area contributed by atoms with Crippen LogP contribution in [0.3, 0.4) is 0 Å². The number of carbonyl (C=O) groups is 1. The summed E-state index contributed by atoms with van der Waals surface area (Å²) < 4.78 is 0. The number of nitrogens with one attached hydrogen (secondary N) is 1. The summed E-state index contributed by atoms with van der Waals surface area (Å²) in [6, 6.07) is 0. The summed E-state index contributed by atoms with van der Waals surface area (Å²) in [5.41, 5.74) is 1.29. The SMILES string of the molecule is CN1CCC[C@H](c2cnc(CCC(=O)NC(C)(C)CO)cn2)C1. The van der Waals surface area contributed by atoms with Crippen LogP contribution < -0.4 is 5.32 Å². The van der Waals surface area contributed by atoms with E-state index in [1.54, 1.807) is 20.0 Å². The Morgan fingerprint density at radius 1 is 1.43 bits per heavy atom. The van der Waals surface area contributed by atoms with Gasteiger partial charge >= 0.3 is 0 Å². The molecule has 2 rings (SSSR count). The topological polar surface area (TPSA) is 78.4 Å². The van der Waals surface area contributed by atoms with Gasteiger partial charge in [-0.25, -0.2) is 0 Å². The lowest BCUT2D eigenvalue weighted by Crippen LogP contribution is -2.46. The summed E-state index contributed by atoms with van der Waals surface area (Å²) in [5, 5.41) is 12.0. The van der Waals surface area contributed by atoms with Gasteiger partial charge in [0.2, 0.25) is 5.91 Å². The largest absolute Gasteiger partial charge is 0.394 e. The van der Waals surface area contributed by atoms with Crippen molar-refractivity contribution in [2.24, 2.45) is 0 Å². The maximum Gasteiger partial charge on any atom is 0.220 e. The summed E-state index contributed by atoms with van der Waals surface area (Å²) in [5.74, 6) is 0.382. The number of aliphatic hydroxyl groups is 1. The molecule has 1 atom stereocenters. The molecule has 0 aliphatic carbocycles. The first kappa shape index (κ1) is 17.8. The fraction of sp³-hybridized carbons (Fsp3) is 0.706. The molecule has 1 aliphatic rings. The van der Waals surface area contributed by atoms with Gasteiger partial charge in [-0.05, 0) is 46.7 Å². The van der Waals surface area contributed by atoms with Crippen LogP contribution in [-0.4, -0.2) is 58.2 Å². The van der Waals surface area contributed by atoms with Gasteiger partial charge in [-0.1, -0.05) is 0 Å². The van der Waals surface area contributed by atoms with E-state index in [4.69, 9.17) is 5.11 Å². The number of likely N-dealkylation sites (N-methyl/N-ethyl adjacent to an activating group) is 1. The van der Waals surface area contributed by atoms with Gasteiger partial charge in [0.05, 0.1) is 23.5 Å². The minimum absolute atomic E-state index is 0.0798. The van der Waals surface area contributed by atoms with Crippen molar-refractivity contribution in [3.8, 4) is 0 Å². The summed E-state index contributed by atoms with van der Waals surface area (Å²) in [6.45, 7) is 5.69. The molecule has 2 heterocycles. The van der Waals surface area contributed by atoms with E-state index in [0.29, 0.717) is 18.8 Å². The summed E-state index contributed by atoms with van der Waals surface area (Å²) >= 11 is 0. The molecule has 2 N–H and O–H groups in total. The average Bonchev–Trinajstić information content (AvgIpc) is 2.53. The third-order valence-electron chi connectivity index (χ3n) is 4.25. The average molecular weight is 320 g/mol. The number of aliphatic hydroxyl groups excluding tert-OH is 1. The number of aromatic nitrogens is 2. The molecule has 1 amide bonds. The number of rotatable bonds is 6. The Hall–Kier alpha value is -1.53. The molecule has 0 radical (unpaired) electrons. The van der Waals surface area contributed by atoms with Crippen LogP contribution in [0.2, 0.25) is 0 Å². The fourth-order valence-corrected chi connectivity index (χ4v) is 2.83. The van der Waals surface area contributed by atoms with Gasteiger partial charge in [-0.2, -0.15) is 0 Å². The van der Waals surface area contributed by atoms with E-state index in [0.717, 1.165) is 30.9 Å². The molecule has 23 heavy (non-hydrogen) atoms. The second kappa shape index (κ2) is 7.84. The third-order valence-corrected chi connectivity index (χ3v) is 4.25. The molecule has 0 bridgehead atoms. The van der Waals surface area contributed by atoms with Crippen molar-refractivity contribution < 1.29 is 9.90 Å². The monoisotopic (exact) mass is 320 g/mol. The molecule has 0 unspecified atom stereocenters. The zero-order valence-electron chi connectivity index (χ0n) is 14.4. The van der Waals surface area contributed by atoms with E-state index in [9.17, 15) is 4.79 Å². The maximum absolute atomic E-state index is 11.9. The zero-order chi connectivity index (χ0) is 16.9. The van der Waals surface area contributed by atoms with E-state index in [1.165, 1.54) is 6.42 Å². The second-order valence-electron chi connectivity index (χ2n) is 7.12. The van der Waals surface area contributed by atoms with Gasteiger partial charge in [0.25, 0.3) is 0 Å². The highest BCUT2D eigenvalue weighted by Gasteiger charge is 2.21. The highest BCUT2D eigenvalue weighted by molar-refractivity contribution is 5.76. The van der Waals surface area contributed by atoms with Crippen LogP contribution in [0.15, 0.2) is 12.4 Å². The van der Waals surface area contributed by atoms with Crippen LogP contribution in [0, 0.1) is 0 Å². The Kier molecular flexibility index (Phi) is 6.07. The molecule has 6 heteroatoms. The quantitative estimate of drug-likeness (QED) is 0.821. The molecule has 128 valence electrons. The number of hydrogen-bond donors (Lipinski definition) is 2. The van der Waals surface area contributed by atoms with E-state index in [2.05, 4.69) is 27.2 Å². The lowest BCUT2D eigenvalue weighted by Gasteiger charge is -2.29. The van der Waals surface area contributed by atoms with Gasteiger partial charge in [-0.3, -0.25) is 14.8 Å². The Labute approximate surface area is 138 Å². The Balaban J connectivity index is 1.84. The highest BCUT2D eigenvalue weighted by Crippen LogP contribution is 2.24. The van der Waals surface area contributed by atoms with Gasteiger partial charge in [0.1, 0.15) is 0 Å². The Morgan fingerprint density at radius 2 is 2.22 bits per heavy atom. The lowest BCUT2D eigenvalue weighted by molar-refractivity contribution is -0.123. The van der Waals surface area contributed by atoms with Gasteiger partial charge in [-0.15, -0.1) is 0 Å². The van der Waals surface area contributed by atoms with E-state index >= 15 is 0 Å². The molecule has 1 saturated heterocycles. The molecular weight excluding hydrogens is 292 g/mol. The van der Waals surface area contributed by atoms with Crippen LogP contribution in [0.4, 0.5) is 0 Å². The molecule has 0 spiro atoms. The lowest BCUT2D eigenvalue weighted by atomic mass is 9.95. The van der Waals surface area contributed by atoms with Crippen molar-refractivity contribution in [2.45, 2.75) is 51.0 Å². The summed E-state index contributed by atoms with van der Waals surface area (Å²) in [6.07, 6.45) is 6.92. The number of likely N-dealkylation sites (tertiary alicyclic amines) is 1. The standard InChI is InChI=1S/C17H28N4O2/c1-17(2,12-22)20-16(23)7-6-14-9-19-15(10-18-14)13-5-4-8-21(3)11-13/h9-10,13,22H,4-8,11-12H2,1-3H3,(H,20,23)/t13-/m0/s1. The van der Waals surface area contributed by atoms with E-state index in [1.807, 2.05) is 6.20 Å². The van der Waals surface area contributed by atoms with Crippen LogP contribution >= 0.6 is 0 Å². The zero-order valence-corrected chi connectivity index (χ0v) is 14.4. The van der Waals surface area contributed by atoms with E-state index in [-0.39, 0.29) is 12.5 Å². The van der Waals surface area contributed by atoms with Crippen LogP contribution in [0.5, 0.6) is 0 Å². The number of piperidine rings is 1. The molecule has 1 aliphatic heterocycles. The molecule has 0 saturated carbocycles. The molecule has 6 nitrogen and oxygen atoms in total. The minimum Gasteiger partial charge on any atom is -0.394 e. The van der Waals surface area contributed by atoms with Gasteiger partial charge in [0.15, 0.2) is 0 Å². The first-order valence-electron chi connectivity index (χ1n) is 8.31. The van der Waals surface area contributed by atoms with Crippen molar-refractivity contribution >= 4 is 5.91 Å². The maximum atomic E-state index is 11.9. The summed E-state index contributed by atoms with van der Waals surface area (Å²) in [4.78, 5) is 23.2. The molecular formula is C17H28N4O2.